The summed E-state index contributed by atoms with van der Waals surface area (Å²) in [6.45, 7) is 0. The second-order valence-electron chi connectivity index (χ2n) is 4.10. The molecule has 0 aliphatic heterocycles. The van der Waals surface area contributed by atoms with Crippen LogP contribution in [0.4, 0.5) is 0 Å². The van der Waals surface area contributed by atoms with Crippen molar-refractivity contribution in [2.75, 3.05) is 0 Å². The van der Waals surface area contributed by atoms with E-state index in [1.807, 2.05) is 24.5 Å². The first-order valence-electron chi connectivity index (χ1n) is 5.86. The van der Waals surface area contributed by atoms with Gasteiger partial charge in [0.15, 0.2) is 0 Å². The Balaban J connectivity index is 0.000000528. The van der Waals surface area contributed by atoms with Crippen molar-refractivity contribution in [3.8, 4) is 0 Å². The van der Waals surface area contributed by atoms with Crippen molar-refractivity contribution in [3.05, 3.63) is 60.9 Å². The number of hydrogen-bond donors (Lipinski definition) is 0. The van der Waals surface area contributed by atoms with Gasteiger partial charge in [-0.1, -0.05) is 23.6 Å². The number of fused-ring (bicyclic) bond motifs is 6. The molecule has 4 rings (SSSR count). The van der Waals surface area contributed by atoms with E-state index in [-0.39, 0.29) is 0 Å². The number of rotatable bonds is 0. The molecule has 0 N–H and O–H groups in total. The smallest absolute Gasteiger partial charge is 0.0608 e. The van der Waals surface area contributed by atoms with Gasteiger partial charge in [0.25, 0.3) is 0 Å². The van der Waals surface area contributed by atoms with Crippen LogP contribution in [0.15, 0.2) is 54.9 Å². The summed E-state index contributed by atoms with van der Waals surface area (Å²) in [5, 5.41) is 3.53. The van der Waals surface area contributed by atoms with E-state index in [2.05, 4.69) is 45.8 Å². The zero-order valence-electron chi connectivity index (χ0n) is 10.2. The maximum atomic E-state index is 4.76. The van der Waals surface area contributed by atoms with E-state index in [4.69, 9.17) is 9.69 Å². The molecule has 4 aromatic rings. The molecule has 0 amide bonds. The van der Waals surface area contributed by atoms with Gasteiger partial charge in [0, 0.05) is 17.9 Å². The van der Waals surface area contributed by atoms with E-state index >= 15 is 0 Å². The molecule has 0 radical (unpaired) electrons. The molecular formula is C15H9ClN2Zn. The van der Waals surface area contributed by atoms with E-state index in [1.165, 1.54) is 16.3 Å². The van der Waals surface area contributed by atoms with Gasteiger partial charge in [-0.05, 0) is 11.5 Å². The molecule has 0 bridgehead atoms. The van der Waals surface area contributed by atoms with E-state index in [0.717, 1.165) is 28.3 Å². The van der Waals surface area contributed by atoms with Crippen LogP contribution in [0.1, 0.15) is 0 Å². The number of aromatic nitrogens is 2. The molecule has 0 atom stereocenters. The van der Waals surface area contributed by atoms with Gasteiger partial charge in [0.1, 0.15) is 0 Å². The summed E-state index contributed by atoms with van der Waals surface area (Å²) >= 11 is 0.847. The monoisotopic (exact) mass is 316 g/mol. The Morgan fingerprint density at radius 2 is 1.84 bits per heavy atom. The SMILES string of the molecule is [Cl][Zn+].[c-]1cccc2c1c1nccn1c1ccccc21. The van der Waals surface area contributed by atoms with Crippen molar-refractivity contribution in [2.45, 2.75) is 0 Å². The maximum Gasteiger partial charge on any atom is 0.0608 e. The molecule has 0 aliphatic carbocycles. The first kappa shape index (κ1) is 12.6. The maximum absolute atomic E-state index is 4.76. The largest absolute Gasteiger partial charge is 0.340 e. The predicted molar refractivity (Wildman–Crippen MR) is 74.9 cm³/mol. The summed E-state index contributed by atoms with van der Waals surface area (Å²) in [5.74, 6) is 0. The average molecular weight is 318 g/mol. The molecule has 2 heterocycles. The summed E-state index contributed by atoms with van der Waals surface area (Å²) < 4.78 is 2.12. The van der Waals surface area contributed by atoms with Crippen LogP contribution in [0.3, 0.4) is 0 Å². The van der Waals surface area contributed by atoms with Gasteiger partial charge in [-0.2, -0.15) is 0 Å². The van der Waals surface area contributed by atoms with E-state index in [9.17, 15) is 0 Å². The average Bonchev–Trinajstić information content (AvgIpc) is 3.00. The van der Waals surface area contributed by atoms with Gasteiger partial charge in [-0.15, -0.1) is 29.7 Å². The standard InChI is InChI=1S/C15H9N2.ClH.Zn/c1-2-7-13-11(5-1)12-6-3-4-8-14(12)17-10-9-16-15(13)17;;/h1-6,8-10H;1H;/q-1;;+2/p-1. The molecular weight excluding hydrogens is 309 g/mol. The molecule has 2 aromatic carbocycles. The van der Waals surface area contributed by atoms with E-state index < -0.39 is 0 Å². The van der Waals surface area contributed by atoms with Crippen LogP contribution >= 0.6 is 9.69 Å². The third-order valence-corrected chi connectivity index (χ3v) is 3.17. The van der Waals surface area contributed by atoms with E-state index in [0.29, 0.717) is 0 Å². The second kappa shape index (κ2) is 5.28. The molecule has 2 aromatic heterocycles. The summed E-state index contributed by atoms with van der Waals surface area (Å²) in [4.78, 5) is 4.43. The predicted octanol–water partition coefficient (Wildman–Crippen LogP) is 4.13. The Hall–Kier alpha value is -1.44. The first-order chi connectivity index (χ1) is 9.45. The van der Waals surface area contributed by atoms with Gasteiger partial charge in [-0.3, -0.25) is 4.98 Å². The Kier molecular flexibility index (Phi) is 3.50. The summed E-state index contributed by atoms with van der Waals surface area (Å²) in [7, 11) is 4.76. The fourth-order valence-electron chi connectivity index (χ4n) is 2.44. The Labute approximate surface area is 124 Å². The minimum atomic E-state index is 0.847. The number of nitrogens with zero attached hydrogens (tertiary/aromatic N) is 2. The molecule has 2 nitrogen and oxygen atoms in total. The van der Waals surface area contributed by atoms with Crippen LogP contribution in [0.2, 0.25) is 0 Å². The quantitative estimate of drug-likeness (QED) is 0.271. The van der Waals surface area contributed by atoms with Gasteiger partial charge in [-0.25, -0.2) is 0 Å². The molecule has 0 unspecified atom stereocenters. The number of halogens is 1. The van der Waals surface area contributed by atoms with Crippen molar-refractivity contribution >= 4 is 37.0 Å². The summed E-state index contributed by atoms with van der Waals surface area (Å²) in [6.07, 6.45) is 3.83. The van der Waals surface area contributed by atoms with Crippen LogP contribution < -0.4 is 0 Å². The van der Waals surface area contributed by atoms with Crippen molar-refractivity contribution < 1.29 is 17.3 Å². The number of hydrogen-bond acceptors (Lipinski definition) is 1. The van der Waals surface area contributed by atoms with Crippen LogP contribution in [-0.4, -0.2) is 9.38 Å². The molecule has 0 saturated carbocycles. The van der Waals surface area contributed by atoms with Gasteiger partial charge >= 0.3 is 27.0 Å². The minimum Gasteiger partial charge on any atom is -0.340 e. The molecule has 88 valence electrons. The molecule has 0 saturated heterocycles. The molecule has 4 heteroatoms. The van der Waals surface area contributed by atoms with Crippen molar-refractivity contribution in [1.82, 2.24) is 9.38 Å². The Morgan fingerprint density at radius 3 is 2.74 bits per heavy atom. The third kappa shape index (κ3) is 1.94. The van der Waals surface area contributed by atoms with Gasteiger partial charge < -0.3 is 4.40 Å². The molecule has 0 fully saturated rings. The first-order valence-corrected chi connectivity index (χ1v) is 9.76. The van der Waals surface area contributed by atoms with E-state index in [1.54, 1.807) is 0 Å². The number of imidazole rings is 1. The third-order valence-electron chi connectivity index (χ3n) is 3.17. The van der Waals surface area contributed by atoms with Gasteiger partial charge in [0.05, 0.1) is 5.65 Å². The number of pyridine rings is 1. The van der Waals surface area contributed by atoms with Gasteiger partial charge in [0.2, 0.25) is 0 Å². The number of benzene rings is 2. The topological polar surface area (TPSA) is 17.3 Å². The van der Waals surface area contributed by atoms with Crippen LogP contribution in [0, 0.1) is 6.07 Å². The molecule has 0 spiro atoms. The zero-order valence-corrected chi connectivity index (χ0v) is 13.9. The number of para-hydroxylation sites is 1. The normalized spacial score (nSPS) is 10.7. The summed E-state index contributed by atoms with van der Waals surface area (Å²) in [5.41, 5.74) is 2.16. The zero-order chi connectivity index (χ0) is 13.2. The van der Waals surface area contributed by atoms with Crippen LogP contribution in [0.25, 0.3) is 27.3 Å². The Morgan fingerprint density at radius 1 is 1.05 bits per heavy atom. The second-order valence-corrected chi connectivity index (χ2v) is 4.10. The van der Waals surface area contributed by atoms with Crippen molar-refractivity contribution in [3.63, 3.8) is 0 Å². The fourth-order valence-corrected chi connectivity index (χ4v) is 2.44. The van der Waals surface area contributed by atoms with Crippen molar-refractivity contribution in [2.24, 2.45) is 0 Å². The van der Waals surface area contributed by atoms with Crippen molar-refractivity contribution in [1.29, 1.82) is 0 Å². The van der Waals surface area contributed by atoms with Crippen LogP contribution in [-0.2, 0) is 17.3 Å². The Bertz CT molecular complexity index is 785. The summed E-state index contributed by atoms with van der Waals surface area (Å²) in [6, 6.07) is 17.8. The molecule has 19 heavy (non-hydrogen) atoms. The molecule has 0 aliphatic rings. The minimum absolute atomic E-state index is 0.847. The fraction of sp³-hybridized carbons (Fsp3) is 0. The van der Waals surface area contributed by atoms with Crippen LogP contribution in [0.5, 0.6) is 0 Å².